The number of nitriles is 1. The van der Waals surface area contributed by atoms with Crippen LogP contribution < -0.4 is 4.74 Å². The molecule has 0 spiro atoms. The van der Waals surface area contributed by atoms with Crippen molar-refractivity contribution in [1.29, 1.82) is 5.26 Å². The van der Waals surface area contributed by atoms with E-state index in [0.717, 1.165) is 11.1 Å². The Morgan fingerprint density at radius 3 is 2.36 bits per heavy atom. The summed E-state index contributed by atoms with van der Waals surface area (Å²) in [6, 6.07) is 13.4. The third kappa shape index (κ3) is 4.74. The van der Waals surface area contributed by atoms with Crippen LogP contribution in [0.2, 0.25) is 0 Å². The standard InChI is InChI=1S/C23H22N4O5S/c1-16-11-17(2)13-19(12-16)31-20-4-3-18(15-24)14-22(20)33(29,30)27-9-7-26(8-10-27)23(28)21-5-6-25-32-21/h3-6,11-14H,7-10H2,1-2H3. The Bertz CT molecular complexity index is 1300. The largest absolute Gasteiger partial charge is 0.456 e. The third-order valence-corrected chi connectivity index (χ3v) is 7.21. The van der Waals surface area contributed by atoms with Gasteiger partial charge in [-0.25, -0.2) is 8.42 Å². The maximum atomic E-state index is 13.5. The molecule has 3 aromatic rings. The molecule has 0 saturated carbocycles. The highest BCUT2D eigenvalue weighted by molar-refractivity contribution is 7.89. The molecule has 1 aliphatic heterocycles. The topological polar surface area (TPSA) is 117 Å². The minimum atomic E-state index is -3.99. The van der Waals surface area contributed by atoms with Crippen molar-refractivity contribution in [3.8, 4) is 17.6 Å². The summed E-state index contributed by atoms with van der Waals surface area (Å²) in [5.74, 6) is 0.419. The number of aryl methyl sites for hydroxylation is 2. The summed E-state index contributed by atoms with van der Waals surface area (Å²) in [5.41, 5.74) is 2.17. The van der Waals surface area contributed by atoms with Gasteiger partial charge in [0.25, 0.3) is 5.91 Å². The number of piperazine rings is 1. The summed E-state index contributed by atoms with van der Waals surface area (Å²) in [6.07, 6.45) is 1.38. The van der Waals surface area contributed by atoms with E-state index in [-0.39, 0.29) is 54.1 Å². The van der Waals surface area contributed by atoms with E-state index < -0.39 is 10.0 Å². The van der Waals surface area contributed by atoms with Crippen LogP contribution in [0.4, 0.5) is 0 Å². The molecule has 0 unspecified atom stereocenters. The van der Waals surface area contributed by atoms with Crippen LogP contribution in [-0.2, 0) is 10.0 Å². The zero-order valence-corrected chi connectivity index (χ0v) is 19.0. The number of benzene rings is 2. The first-order chi connectivity index (χ1) is 15.8. The molecule has 10 heteroatoms. The molecular formula is C23H22N4O5S. The Balaban J connectivity index is 1.59. The highest BCUT2D eigenvalue weighted by Crippen LogP contribution is 2.33. The fourth-order valence-electron chi connectivity index (χ4n) is 3.73. The van der Waals surface area contributed by atoms with Gasteiger partial charge in [-0.05, 0) is 55.3 Å². The monoisotopic (exact) mass is 466 g/mol. The maximum Gasteiger partial charge on any atom is 0.292 e. The third-order valence-electron chi connectivity index (χ3n) is 5.29. The van der Waals surface area contributed by atoms with Gasteiger partial charge in [-0.2, -0.15) is 9.57 Å². The van der Waals surface area contributed by atoms with Gasteiger partial charge in [0.05, 0.1) is 17.8 Å². The number of nitrogens with zero attached hydrogens (tertiary/aromatic N) is 4. The fraction of sp³-hybridized carbons (Fsp3) is 0.261. The van der Waals surface area contributed by atoms with E-state index in [2.05, 4.69) is 5.16 Å². The van der Waals surface area contributed by atoms with Gasteiger partial charge in [0.1, 0.15) is 16.4 Å². The first-order valence-corrected chi connectivity index (χ1v) is 11.7. The Morgan fingerprint density at radius 2 is 1.76 bits per heavy atom. The van der Waals surface area contributed by atoms with Gasteiger partial charge < -0.3 is 14.2 Å². The van der Waals surface area contributed by atoms with Crippen molar-refractivity contribution < 1.29 is 22.5 Å². The van der Waals surface area contributed by atoms with E-state index in [1.807, 2.05) is 38.1 Å². The van der Waals surface area contributed by atoms with Gasteiger partial charge in [-0.3, -0.25) is 4.79 Å². The van der Waals surface area contributed by atoms with Crippen molar-refractivity contribution in [2.24, 2.45) is 0 Å². The summed E-state index contributed by atoms with van der Waals surface area (Å²) >= 11 is 0. The van der Waals surface area contributed by atoms with Gasteiger partial charge in [0.15, 0.2) is 0 Å². The Morgan fingerprint density at radius 1 is 1.06 bits per heavy atom. The van der Waals surface area contributed by atoms with E-state index >= 15 is 0 Å². The molecule has 1 aromatic heterocycles. The van der Waals surface area contributed by atoms with Crippen LogP contribution in [0.25, 0.3) is 0 Å². The molecule has 33 heavy (non-hydrogen) atoms. The summed E-state index contributed by atoms with van der Waals surface area (Å²) in [5, 5.41) is 12.9. The molecule has 0 N–H and O–H groups in total. The highest BCUT2D eigenvalue weighted by atomic mass is 32.2. The van der Waals surface area contributed by atoms with Crippen molar-refractivity contribution in [3.05, 3.63) is 71.1 Å². The molecule has 1 amide bonds. The van der Waals surface area contributed by atoms with Crippen LogP contribution in [0, 0.1) is 25.2 Å². The second-order valence-corrected chi connectivity index (χ2v) is 9.68. The lowest BCUT2D eigenvalue weighted by atomic mass is 10.1. The first kappa shape index (κ1) is 22.5. The lowest BCUT2D eigenvalue weighted by Gasteiger charge is -2.33. The Kier molecular flexibility index (Phi) is 6.18. The molecule has 1 fully saturated rings. The van der Waals surface area contributed by atoms with Crippen LogP contribution in [0.5, 0.6) is 11.5 Å². The van der Waals surface area contributed by atoms with Crippen LogP contribution in [0.3, 0.4) is 0 Å². The molecule has 2 heterocycles. The van der Waals surface area contributed by atoms with Gasteiger partial charge in [-0.15, -0.1) is 0 Å². The molecule has 170 valence electrons. The number of ether oxygens (including phenoxy) is 1. The summed E-state index contributed by atoms with van der Waals surface area (Å²) in [4.78, 5) is 13.9. The molecular weight excluding hydrogens is 444 g/mol. The minimum Gasteiger partial charge on any atom is -0.456 e. The predicted molar refractivity (Wildman–Crippen MR) is 118 cm³/mol. The van der Waals surface area contributed by atoms with Crippen molar-refractivity contribution in [3.63, 3.8) is 0 Å². The molecule has 0 aliphatic carbocycles. The van der Waals surface area contributed by atoms with E-state index in [1.54, 1.807) is 0 Å². The van der Waals surface area contributed by atoms with Gasteiger partial charge in [0, 0.05) is 32.2 Å². The Labute approximate surface area is 191 Å². The minimum absolute atomic E-state index is 0.0873. The quantitative estimate of drug-likeness (QED) is 0.567. The average molecular weight is 467 g/mol. The van der Waals surface area contributed by atoms with E-state index in [4.69, 9.17) is 9.26 Å². The number of carbonyl (C=O) groups excluding carboxylic acids is 1. The summed E-state index contributed by atoms with van der Waals surface area (Å²) in [7, 11) is -3.99. The van der Waals surface area contributed by atoms with Gasteiger partial charge in [0.2, 0.25) is 15.8 Å². The van der Waals surface area contributed by atoms with Crippen LogP contribution in [0.1, 0.15) is 27.2 Å². The second kappa shape index (κ2) is 9.05. The van der Waals surface area contributed by atoms with E-state index in [1.165, 1.54) is 39.7 Å². The number of carbonyl (C=O) groups is 1. The molecule has 0 atom stereocenters. The van der Waals surface area contributed by atoms with Gasteiger partial charge in [-0.1, -0.05) is 11.2 Å². The highest BCUT2D eigenvalue weighted by Gasteiger charge is 2.33. The molecule has 1 aliphatic rings. The van der Waals surface area contributed by atoms with Crippen molar-refractivity contribution in [1.82, 2.24) is 14.4 Å². The lowest BCUT2D eigenvalue weighted by molar-refractivity contribution is 0.0656. The fourth-order valence-corrected chi connectivity index (χ4v) is 5.30. The maximum absolute atomic E-state index is 13.5. The number of hydrogen-bond acceptors (Lipinski definition) is 7. The molecule has 9 nitrogen and oxygen atoms in total. The smallest absolute Gasteiger partial charge is 0.292 e. The molecule has 1 saturated heterocycles. The SMILES string of the molecule is Cc1cc(C)cc(Oc2ccc(C#N)cc2S(=O)(=O)N2CCN(C(=O)c3ccno3)CC2)c1. The van der Waals surface area contributed by atoms with Crippen LogP contribution in [0.15, 0.2) is 58.1 Å². The zero-order valence-electron chi connectivity index (χ0n) is 18.2. The van der Waals surface area contributed by atoms with Crippen molar-refractivity contribution >= 4 is 15.9 Å². The van der Waals surface area contributed by atoms with Crippen molar-refractivity contribution in [2.75, 3.05) is 26.2 Å². The summed E-state index contributed by atoms with van der Waals surface area (Å²) in [6.45, 7) is 4.45. The Hall–Kier alpha value is -3.68. The summed E-state index contributed by atoms with van der Waals surface area (Å²) < 4.78 is 39.2. The normalized spacial score (nSPS) is 14.6. The van der Waals surface area contributed by atoms with E-state index in [0.29, 0.717) is 5.75 Å². The number of rotatable bonds is 5. The zero-order chi connectivity index (χ0) is 23.6. The molecule has 4 rings (SSSR count). The number of aromatic nitrogens is 1. The average Bonchev–Trinajstić information content (AvgIpc) is 3.33. The van der Waals surface area contributed by atoms with Crippen LogP contribution >= 0.6 is 0 Å². The van der Waals surface area contributed by atoms with Crippen LogP contribution in [-0.4, -0.2) is 54.9 Å². The molecule has 0 radical (unpaired) electrons. The number of amides is 1. The first-order valence-electron chi connectivity index (χ1n) is 10.3. The number of hydrogen-bond donors (Lipinski definition) is 0. The van der Waals surface area contributed by atoms with Crippen molar-refractivity contribution in [2.45, 2.75) is 18.7 Å². The van der Waals surface area contributed by atoms with E-state index in [9.17, 15) is 18.5 Å². The lowest BCUT2D eigenvalue weighted by Crippen LogP contribution is -2.50. The van der Waals surface area contributed by atoms with Gasteiger partial charge >= 0.3 is 0 Å². The number of sulfonamides is 1. The predicted octanol–water partition coefficient (Wildman–Crippen LogP) is 3.10. The molecule has 2 aromatic carbocycles. The molecule has 0 bridgehead atoms. The second-order valence-electron chi connectivity index (χ2n) is 7.77.